The van der Waals surface area contributed by atoms with E-state index in [0.29, 0.717) is 17.6 Å². The smallest absolute Gasteiger partial charge is 0.405 e. The molecule has 3 fully saturated rings. The molecule has 0 amide bonds. The summed E-state index contributed by atoms with van der Waals surface area (Å²) >= 11 is 5.23. The summed E-state index contributed by atoms with van der Waals surface area (Å²) in [6, 6.07) is 1.38. The molecule has 3 saturated heterocycles. The van der Waals surface area contributed by atoms with Gasteiger partial charge >= 0.3 is 19.1 Å². The first-order chi connectivity index (χ1) is 29.1. The maximum absolute atomic E-state index is 14.6. The lowest BCUT2D eigenvalue weighted by Crippen LogP contribution is -2.34. The summed E-state index contributed by atoms with van der Waals surface area (Å²) in [5.41, 5.74) is 10.3. The minimum absolute atomic E-state index is 0. The van der Waals surface area contributed by atoms with Gasteiger partial charge in [0.2, 0.25) is 0 Å². The first-order valence-electron chi connectivity index (χ1n) is 19.2. The van der Waals surface area contributed by atoms with E-state index in [0.717, 1.165) is 15.6 Å². The van der Waals surface area contributed by atoms with E-state index in [9.17, 15) is 34.1 Å². The van der Waals surface area contributed by atoms with Gasteiger partial charge in [-0.25, -0.2) is 34.2 Å². The van der Waals surface area contributed by atoms with Crippen LogP contribution in [0.3, 0.4) is 0 Å². The lowest BCUT2D eigenvalue weighted by molar-refractivity contribution is -0.215. The van der Waals surface area contributed by atoms with Gasteiger partial charge < -0.3 is 56.0 Å². The number of unbranched alkanes of at least 4 members (excludes halogenated alkanes) is 1. The number of nitrogens with zero attached hydrogens (tertiary/aromatic N) is 7. The highest BCUT2D eigenvalue weighted by Gasteiger charge is 2.45. The number of quaternary nitrogens is 1. The number of ether oxygens (including phenoxy) is 3. The number of nitrogen functional groups attached to an aromatic ring is 2. The number of nitrogens with two attached hydrogens (primary N) is 2. The van der Waals surface area contributed by atoms with Crippen molar-refractivity contribution in [2.75, 3.05) is 37.8 Å². The number of aliphatic hydroxyl groups is 2. The van der Waals surface area contributed by atoms with Crippen molar-refractivity contribution in [3.63, 3.8) is 0 Å². The predicted molar refractivity (Wildman–Crippen MR) is 220 cm³/mol. The zero-order valence-corrected chi connectivity index (χ0v) is 36.4. The molecular formula is C33H50N12O14P2S. The minimum Gasteiger partial charge on any atom is -0.780 e. The highest BCUT2D eigenvalue weighted by Crippen LogP contribution is 2.51. The molecule has 7 heterocycles. The van der Waals surface area contributed by atoms with E-state index in [1.54, 1.807) is 4.57 Å². The first-order valence-corrected chi connectivity index (χ1v) is 23.3. The fourth-order valence-corrected chi connectivity index (χ4v) is 10.1. The molecule has 3 aliphatic heterocycles. The van der Waals surface area contributed by atoms with Gasteiger partial charge in [0.25, 0.3) is 5.56 Å². The maximum atomic E-state index is 14.6. The van der Waals surface area contributed by atoms with Gasteiger partial charge in [0.15, 0.2) is 11.5 Å². The van der Waals surface area contributed by atoms with Crippen LogP contribution in [0.1, 0.15) is 63.3 Å². The fourth-order valence-electron chi connectivity index (χ4n) is 7.06. The molecule has 0 radical (unpaired) electrons. The Bertz CT molecular complexity index is 2470. The first kappa shape index (κ1) is 47.6. The Morgan fingerprint density at radius 1 is 0.984 bits per heavy atom. The van der Waals surface area contributed by atoms with Crippen molar-refractivity contribution in [3.05, 3.63) is 68.0 Å². The third kappa shape index (κ3) is 10.7. The van der Waals surface area contributed by atoms with Gasteiger partial charge in [-0.2, -0.15) is 4.98 Å². The summed E-state index contributed by atoms with van der Waals surface area (Å²) in [5, 5.41) is 23.8. The van der Waals surface area contributed by atoms with E-state index in [1.807, 2.05) is 6.92 Å². The standard InChI is InChI=1S/C33H47N11O14P2S.H3N/c1-3-4-6-39-59(50,52-13-22-18(46)8-25(55-22)44-16-38-28-29(35)36-15-37-30(28)44)57-20-10-27(43-11-17(2)31(47)41-33(43)49)56-23(20)14-53-60(51,61)58-19-9-26(54-21(19)12-45)42-7-5-24(34)40-32(42)48;/h5,7,11,15-16,18-23,25-27,45-46H,3-4,6,8-10,12-14H2,1-2H3,(H,39,50)(H,51,61)(H2,34,40,48)(H2,35,36,37)(H,41,47,49);1H3/t18?,19?,20?,21-,22-,23-,25-,26-,27-,59?,60?;/m1./s1. The Morgan fingerprint density at radius 2 is 1.66 bits per heavy atom. The van der Waals surface area contributed by atoms with Gasteiger partial charge in [0.05, 0.1) is 38.4 Å². The monoisotopic (exact) mass is 932 g/mol. The number of aliphatic hydroxyl groups excluding tert-OH is 2. The Labute approximate surface area is 357 Å². The van der Waals surface area contributed by atoms with Crippen molar-refractivity contribution in [1.29, 1.82) is 0 Å². The number of anilines is 2. The van der Waals surface area contributed by atoms with Gasteiger partial charge in [0, 0.05) is 43.8 Å². The van der Waals surface area contributed by atoms with Crippen molar-refractivity contribution < 1.29 is 52.0 Å². The zero-order valence-electron chi connectivity index (χ0n) is 33.8. The van der Waals surface area contributed by atoms with Crippen LogP contribution in [0.5, 0.6) is 0 Å². The van der Waals surface area contributed by atoms with Crippen LogP contribution < -0.4 is 44.5 Å². The topological polar surface area (TPSA) is 379 Å². The molecule has 62 heavy (non-hydrogen) atoms. The number of rotatable bonds is 18. The molecule has 29 heteroatoms. The second-order valence-corrected chi connectivity index (χ2v) is 19.0. The third-order valence-corrected chi connectivity index (χ3v) is 13.5. The maximum Gasteiger partial charge on any atom is 0.405 e. The number of aromatic nitrogens is 8. The van der Waals surface area contributed by atoms with E-state index in [4.69, 9.17) is 55.6 Å². The van der Waals surface area contributed by atoms with Gasteiger partial charge in [-0.05, 0) is 19.4 Å². The minimum atomic E-state index is -4.44. The van der Waals surface area contributed by atoms with Crippen LogP contribution in [0.2, 0.25) is 0 Å². The Hall–Kier alpha value is -3.89. The molecule has 0 saturated carbocycles. The summed E-state index contributed by atoms with van der Waals surface area (Å²) < 4.78 is 59.8. The van der Waals surface area contributed by atoms with Crippen molar-refractivity contribution >= 4 is 49.1 Å². The van der Waals surface area contributed by atoms with E-state index in [1.165, 1.54) is 38.0 Å². The van der Waals surface area contributed by atoms with Crippen LogP contribution in [0.4, 0.5) is 11.6 Å². The number of aryl methyl sites for hydroxylation is 1. The summed E-state index contributed by atoms with van der Waals surface area (Å²) in [6.45, 7) is -2.42. The molecule has 3 aliphatic rings. The zero-order chi connectivity index (χ0) is 43.6. The molecule has 12 N–H and O–H groups in total. The van der Waals surface area contributed by atoms with Gasteiger partial charge in [-0.15, -0.1) is 0 Å². The number of hydrogen-bond acceptors (Lipinski definition) is 21. The molecule has 342 valence electrons. The molecule has 4 aromatic heterocycles. The van der Waals surface area contributed by atoms with Crippen LogP contribution in [0.15, 0.2) is 45.5 Å². The largest absolute Gasteiger partial charge is 0.780 e. The molecule has 4 aromatic rings. The SMILES string of the molecule is CCCCNP(=O)(OC[C@H]1O[C@@H](n2cnc3c(N)ncnc32)CC1O)OC1C[C@H](n2cc(C)c(=O)[nH]c2=O)O[C@@H]1COP([O-])(=S)OC1C[C@H](n2ccc(N)nc2=O)O[C@@H]1CO.[NH4+]. The van der Waals surface area contributed by atoms with E-state index >= 15 is 0 Å². The van der Waals surface area contributed by atoms with Crippen LogP contribution in [-0.4, -0.2) is 112 Å². The van der Waals surface area contributed by atoms with E-state index in [2.05, 4.69) is 30.0 Å². The quantitative estimate of drug-likeness (QED) is 0.0492. The highest BCUT2D eigenvalue weighted by molar-refractivity contribution is 8.06. The van der Waals surface area contributed by atoms with E-state index in [-0.39, 0.29) is 49.2 Å². The summed E-state index contributed by atoms with van der Waals surface area (Å²) in [6.07, 6.45) is -2.90. The Kier molecular flexibility index (Phi) is 15.3. The lowest BCUT2D eigenvalue weighted by atomic mass is 10.2. The molecule has 7 rings (SSSR count). The predicted octanol–water partition coefficient (Wildman–Crippen LogP) is -0.416. The molecule has 5 unspecified atom stereocenters. The average Bonchev–Trinajstić information content (AvgIpc) is 4.00. The lowest BCUT2D eigenvalue weighted by Gasteiger charge is -2.33. The Balaban J connectivity index is 0.00000641. The number of hydrogen-bond donors (Lipinski definition) is 7. The molecule has 11 atom stereocenters. The van der Waals surface area contributed by atoms with Crippen LogP contribution >= 0.6 is 14.5 Å². The van der Waals surface area contributed by atoms with Gasteiger partial charge in [-0.1, -0.05) is 25.2 Å². The summed E-state index contributed by atoms with van der Waals surface area (Å²) in [7, 11) is -4.32. The second-order valence-electron chi connectivity index (χ2n) is 14.5. The third-order valence-electron chi connectivity index (χ3n) is 10.2. The molecule has 0 aliphatic carbocycles. The van der Waals surface area contributed by atoms with Gasteiger partial charge in [0.1, 0.15) is 67.5 Å². The molecular weight excluding hydrogens is 882 g/mol. The van der Waals surface area contributed by atoms with Crippen LogP contribution in [0.25, 0.3) is 11.2 Å². The number of aromatic amines is 1. The number of nitrogens with one attached hydrogen (secondary N) is 2. The fraction of sp³-hybridized carbons (Fsp3) is 0.606. The van der Waals surface area contributed by atoms with Crippen molar-refractivity contribution in [3.8, 4) is 0 Å². The average molecular weight is 933 g/mol. The molecule has 0 bridgehead atoms. The molecule has 0 aromatic carbocycles. The van der Waals surface area contributed by atoms with Crippen molar-refractivity contribution in [2.24, 2.45) is 0 Å². The van der Waals surface area contributed by atoms with Crippen LogP contribution in [-0.2, 0) is 48.7 Å². The second kappa shape index (κ2) is 19.9. The number of fused-ring (bicyclic) bond motifs is 1. The summed E-state index contributed by atoms with van der Waals surface area (Å²) in [4.78, 5) is 69.5. The molecule has 0 spiro atoms. The summed E-state index contributed by atoms with van der Waals surface area (Å²) in [5.74, 6) is 0.161. The van der Waals surface area contributed by atoms with Crippen molar-refractivity contribution in [1.82, 2.24) is 49.9 Å². The normalized spacial score (nSPS) is 28.2. The highest BCUT2D eigenvalue weighted by atomic mass is 32.5. The number of imidazole rings is 1. The molecule has 26 nitrogen and oxygen atoms in total. The van der Waals surface area contributed by atoms with E-state index < -0.39 is 107 Å². The van der Waals surface area contributed by atoms with Crippen molar-refractivity contribution in [2.45, 2.75) is 101 Å². The Morgan fingerprint density at radius 3 is 2.39 bits per heavy atom. The van der Waals surface area contributed by atoms with Crippen LogP contribution in [0, 0.1) is 6.92 Å². The number of H-pyrrole nitrogens is 1. The van der Waals surface area contributed by atoms with Gasteiger partial charge in [-0.3, -0.25) is 32.5 Å².